The van der Waals surface area contributed by atoms with Crippen LogP contribution in [0.3, 0.4) is 0 Å². The molecule has 17 heavy (non-hydrogen) atoms. The smallest absolute Gasteiger partial charge is 0.0789 e. The molecule has 1 aromatic heterocycles. The first-order valence-electron chi connectivity index (χ1n) is 5.55. The summed E-state index contributed by atoms with van der Waals surface area (Å²) in [4.78, 5) is 4.42. The highest BCUT2D eigenvalue weighted by molar-refractivity contribution is 9.09. The average Bonchev–Trinajstić information content (AvgIpc) is 2.38. The van der Waals surface area contributed by atoms with Crippen molar-refractivity contribution >= 4 is 44.5 Å². The molecule has 0 saturated carbocycles. The van der Waals surface area contributed by atoms with Crippen LogP contribution in [0.1, 0.15) is 18.9 Å². The topological polar surface area (TPSA) is 12.9 Å². The molecule has 0 radical (unpaired) electrons. The van der Waals surface area contributed by atoms with Gasteiger partial charge in [0.25, 0.3) is 0 Å². The van der Waals surface area contributed by atoms with Crippen LogP contribution in [0.2, 0.25) is 5.02 Å². The van der Waals surface area contributed by atoms with Gasteiger partial charge in [0, 0.05) is 22.5 Å². The van der Waals surface area contributed by atoms with Crippen molar-refractivity contribution in [3.8, 4) is 0 Å². The minimum Gasteiger partial charge on any atom is -0.256 e. The number of halogens is 2. The zero-order valence-electron chi connectivity index (χ0n) is 9.58. The maximum Gasteiger partial charge on any atom is 0.0789 e. The Bertz CT molecular complexity index is 557. The van der Waals surface area contributed by atoms with Crippen molar-refractivity contribution in [3.05, 3.63) is 46.6 Å². The molecule has 3 heteroatoms. The van der Waals surface area contributed by atoms with Crippen LogP contribution in [-0.4, -0.2) is 10.3 Å². The van der Waals surface area contributed by atoms with Gasteiger partial charge in [-0.1, -0.05) is 52.2 Å². The van der Waals surface area contributed by atoms with E-state index in [9.17, 15) is 0 Å². The molecule has 0 bridgehead atoms. The second-order valence-corrected chi connectivity index (χ2v) is 4.79. The molecule has 0 unspecified atom stereocenters. The van der Waals surface area contributed by atoms with Gasteiger partial charge in [-0.15, -0.1) is 0 Å². The van der Waals surface area contributed by atoms with Gasteiger partial charge in [0.05, 0.1) is 10.5 Å². The van der Waals surface area contributed by atoms with E-state index in [2.05, 4.69) is 33.9 Å². The summed E-state index contributed by atoms with van der Waals surface area (Å²) < 4.78 is 0. The largest absolute Gasteiger partial charge is 0.256 e. The van der Waals surface area contributed by atoms with Crippen LogP contribution in [0.25, 0.3) is 17.0 Å². The number of aromatic nitrogens is 1. The van der Waals surface area contributed by atoms with Gasteiger partial charge in [-0.2, -0.15) is 0 Å². The number of rotatable bonds is 3. The number of hydrogen-bond acceptors (Lipinski definition) is 1. The SMILES string of the molecule is CC/C(=C/c1ccc(Cl)c2cccnc12)CBr. The molecule has 0 amide bonds. The zero-order chi connectivity index (χ0) is 12.3. The lowest BCUT2D eigenvalue weighted by molar-refractivity contribution is 1.12. The Morgan fingerprint density at radius 3 is 2.94 bits per heavy atom. The van der Waals surface area contributed by atoms with Gasteiger partial charge in [0.2, 0.25) is 0 Å². The summed E-state index contributed by atoms with van der Waals surface area (Å²) in [6.07, 6.45) is 5.01. The normalized spacial score (nSPS) is 12.1. The fourth-order valence-corrected chi connectivity index (χ4v) is 2.51. The first kappa shape index (κ1) is 12.6. The first-order chi connectivity index (χ1) is 8.26. The molecule has 0 spiro atoms. The predicted molar refractivity (Wildman–Crippen MR) is 78.8 cm³/mol. The summed E-state index contributed by atoms with van der Waals surface area (Å²) in [6.45, 7) is 2.15. The molecule has 0 aliphatic heterocycles. The lowest BCUT2D eigenvalue weighted by Crippen LogP contribution is -1.87. The Morgan fingerprint density at radius 1 is 1.41 bits per heavy atom. The van der Waals surface area contributed by atoms with Gasteiger partial charge < -0.3 is 0 Å². The molecule has 2 aromatic rings. The maximum absolute atomic E-state index is 6.16. The fraction of sp³-hybridized carbons (Fsp3) is 0.214. The molecule has 1 aromatic carbocycles. The van der Waals surface area contributed by atoms with Gasteiger partial charge in [-0.25, -0.2) is 0 Å². The van der Waals surface area contributed by atoms with E-state index in [1.54, 1.807) is 6.20 Å². The maximum atomic E-state index is 6.16. The van der Waals surface area contributed by atoms with Crippen molar-refractivity contribution in [2.24, 2.45) is 0 Å². The Hall–Kier alpha value is -0.860. The van der Waals surface area contributed by atoms with Crippen molar-refractivity contribution in [1.29, 1.82) is 0 Å². The molecule has 0 saturated heterocycles. The Kier molecular flexibility index (Phi) is 4.19. The Labute approximate surface area is 115 Å². The van der Waals surface area contributed by atoms with Gasteiger partial charge in [0.15, 0.2) is 0 Å². The summed E-state index contributed by atoms with van der Waals surface area (Å²) in [5.41, 5.74) is 3.44. The van der Waals surface area contributed by atoms with Crippen LogP contribution in [0.15, 0.2) is 36.0 Å². The highest BCUT2D eigenvalue weighted by atomic mass is 79.9. The predicted octanol–water partition coefficient (Wildman–Crippen LogP) is 5.08. The van der Waals surface area contributed by atoms with E-state index < -0.39 is 0 Å². The monoisotopic (exact) mass is 309 g/mol. The molecule has 1 nitrogen and oxygen atoms in total. The number of fused-ring (bicyclic) bond motifs is 1. The molecular formula is C14H13BrClN. The van der Waals surface area contributed by atoms with Gasteiger partial charge in [-0.05, 0) is 24.6 Å². The minimum atomic E-state index is 0.752. The Morgan fingerprint density at radius 2 is 2.24 bits per heavy atom. The second kappa shape index (κ2) is 5.65. The first-order valence-corrected chi connectivity index (χ1v) is 7.05. The van der Waals surface area contributed by atoms with Gasteiger partial charge in [0.1, 0.15) is 0 Å². The molecular weight excluding hydrogens is 298 g/mol. The van der Waals surface area contributed by atoms with E-state index >= 15 is 0 Å². The lowest BCUT2D eigenvalue weighted by atomic mass is 10.1. The van der Waals surface area contributed by atoms with Crippen molar-refractivity contribution in [2.45, 2.75) is 13.3 Å². The number of hydrogen-bond donors (Lipinski definition) is 0. The van der Waals surface area contributed by atoms with E-state index in [0.29, 0.717) is 0 Å². The highest BCUT2D eigenvalue weighted by Crippen LogP contribution is 2.26. The van der Waals surface area contributed by atoms with Gasteiger partial charge in [-0.3, -0.25) is 4.98 Å². The van der Waals surface area contributed by atoms with Crippen molar-refractivity contribution in [2.75, 3.05) is 5.33 Å². The molecule has 0 fully saturated rings. The molecule has 88 valence electrons. The van der Waals surface area contributed by atoms with Crippen LogP contribution < -0.4 is 0 Å². The quantitative estimate of drug-likeness (QED) is 0.721. The van der Waals surface area contributed by atoms with E-state index in [0.717, 1.165) is 33.2 Å². The average molecular weight is 311 g/mol. The summed E-state index contributed by atoms with van der Waals surface area (Å²) in [5.74, 6) is 0. The van der Waals surface area contributed by atoms with Crippen molar-refractivity contribution in [1.82, 2.24) is 4.98 Å². The molecule has 0 atom stereocenters. The summed E-state index contributed by atoms with van der Waals surface area (Å²) in [7, 11) is 0. The number of pyridine rings is 1. The standard InChI is InChI=1S/C14H13BrClN/c1-2-10(9-15)8-11-5-6-13(16)12-4-3-7-17-14(11)12/h3-8H,2,9H2,1H3/b10-8-. The molecule has 0 aliphatic rings. The number of nitrogens with zero attached hydrogens (tertiary/aromatic N) is 1. The second-order valence-electron chi connectivity index (χ2n) is 3.83. The molecule has 0 N–H and O–H groups in total. The number of alkyl halides is 1. The third kappa shape index (κ3) is 2.70. The summed E-state index contributed by atoms with van der Waals surface area (Å²) >= 11 is 9.66. The molecule has 2 rings (SSSR count). The van der Waals surface area contributed by atoms with Crippen LogP contribution in [-0.2, 0) is 0 Å². The van der Waals surface area contributed by atoms with Crippen molar-refractivity contribution < 1.29 is 0 Å². The van der Waals surface area contributed by atoms with Crippen LogP contribution in [0.4, 0.5) is 0 Å². The third-order valence-electron chi connectivity index (χ3n) is 2.73. The van der Waals surface area contributed by atoms with E-state index in [-0.39, 0.29) is 0 Å². The molecule has 1 heterocycles. The zero-order valence-corrected chi connectivity index (χ0v) is 11.9. The van der Waals surface area contributed by atoms with Crippen LogP contribution in [0, 0.1) is 0 Å². The third-order valence-corrected chi connectivity index (χ3v) is 3.78. The summed E-state index contributed by atoms with van der Waals surface area (Å²) in [6, 6.07) is 7.86. The summed E-state index contributed by atoms with van der Waals surface area (Å²) in [5, 5.41) is 2.65. The molecule has 0 aliphatic carbocycles. The highest BCUT2D eigenvalue weighted by Gasteiger charge is 2.04. The van der Waals surface area contributed by atoms with E-state index in [1.807, 2.05) is 24.3 Å². The lowest BCUT2D eigenvalue weighted by Gasteiger charge is -2.05. The minimum absolute atomic E-state index is 0.752. The number of benzene rings is 1. The van der Waals surface area contributed by atoms with E-state index in [1.165, 1.54) is 5.57 Å². The fourth-order valence-electron chi connectivity index (χ4n) is 1.73. The van der Waals surface area contributed by atoms with Crippen LogP contribution >= 0.6 is 27.5 Å². The van der Waals surface area contributed by atoms with Gasteiger partial charge >= 0.3 is 0 Å². The number of allylic oxidation sites excluding steroid dienone is 1. The van der Waals surface area contributed by atoms with E-state index in [4.69, 9.17) is 11.6 Å². The van der Waals surface area contributed by atoms with Crippen LogP contribution in [0.5, 0.6) is 0 Å². The Balaban J connectivity index is 2.63. The van der Waals surface area contributed by atoms with Crippen molar-refractivity contribution in [3.63, 3.8) is 0 Å².